The van der Waals surface area contributed by atoms with Crippen LogP contribution in [0, 0.1) is 0 Å². The van der Waals surface area contributed by atoms with E-state index in [1.807, 2.05) is 37.4 Å². The molecule has 0 amide bonds. The molecule has 0 spiro atoms. The van der Waals surface area contributed by atoms with Crippen LogP contribution in [0.3, 0.4) is 0 Å². The van der Waals surface area contributed by atoms with Crippen molar-refractivity contribution in [1.29, 1.82) is 0 Å². The maximum atomic E-state index is 5.85. The van der Waals surface area contributed by atoms with Gasteiger partial charge in [-0.25, -0.2) is 0 Å². The van der Waals surface area contributed by atoms with Crippen molar-refractivity contribution in [3.63, 3.8) is 0 Å². The van der Waals surface area contributed by atoms with Gasteiger partial charge in [0.25, 0.3) is 0 Å². The van der Waals surface area contributed by atoms with E-state index in [1.165, 1.54) is 0 Å². The predicted molar refractivity (Wildman–Crippen MR) is 85.1 cm³/mol. The normalized spacial score (nSPS) is 12.2. The van der Waals surface area contributed by atoms with Gasteiger partial charge in [-0.05, 0) is 47.6 Å². The second-order valence-corrected chi connectivity index (χ2v) is 5.33. The van der Waals surface area contributed by atoms with Crippen LogP contribution >= 0.6 is 15.9 Å². The summed E-state index contributed by atoms with van der Waals surface area (Å²) in [6, 6.07) is 12.0. The van der Waals surface area contributed by atoms with E-state index >= 15 is 0 Å². The Bertz CT molecular complexity index is 560. The zero-order valence-corrected chi connectivity index (χ0v) is 13.4. The summed E-state index contributed by atoms with van der Waals surface area (Å²) < 4.78 is 6.84. The number of ether oxygens (including phenoxy) is 1. The number of pyridine rings is 1. The Morgan fingerprint density at radius 1 is 1.25 bits per heavy atom. The van der Waals surface area contributed by atoms with Crippen LogP contribution < -0.4 is 10.1 Å². The van der Waals surface area contributed by atoms with E-state index in [1.54, 1.807) is 6.20 Å². The van der Waals surface area contributed by atoms with Crippen molar-refractivity contribution in [3.05, 3.63) is 58.3 Å². The summed E-state index contributed by atoms with van der Waals surface area (Å²) >= 11 is 3.57. The minimum Gasteiger partial charge on any atom is -0.493 e. The van der Waals surface area contributed by atoms with Crippen molar-refractivity contribution >= 4 is 15.9 Å². The van der Waals surface area contributed by atoms with Gasteiger partial charge in [-0.2, -0.15) is 0 Å². The largest absolute Gasteiger partial charge is 0.493 e. The van der Waals surface area contributed by atoms with Crippen molar-refractivity contribution in [3.8, 4) is 5.75 Å². The van der Waals surface area contributed by atoms with Crippen LogP contribution in [0.1, 0.15) is 30.6 Å². The first kappa shape index (κ1) is 15.0. The molecule has 0 aliphatic carbocycles. The van der Waals surface area contributed by atoms with Gasteiger partial charge < -0.3 is 10.1 Å². The highest BCUT2D eigenvalue weighted by Crippen LogP contribution is 2.32. The Labute approximate surface area is 128 Å². The van der Waals surface area contributed by atoms with Crippen LogP contribution in [0.4, 0.5) is 0 Å². The van der Waals surface area contributed by atoms with Crippen LogP contribution in [0.5, 0.6) is 5.75 Å². The molecule has 0 bridgehead atoms. The summed E-state index contributed by atoms with van der Waals surface area (Å²) in [6.45, 7) is 2.82. The van der Waals surface area contributed by atoms with Gasteiger partial charge in [0.15, 0.2) is 0 Å². The van der Waals surface area contributed by atoms with Crippen molar-refractivity contribution in [1.82, 2.24) is 10.3 Å². The molecule has 1 N–H and O–H groups in total. The number of hydrogen-bond donors (Lipinski definition) is 1. The number of halogens is 1. The number of para-hydroxylation sites is 1. The van der Waals surface area contributed by atoms with Gasteiger partial charge in [0, 0.05) is 16.2 Å². The van der Waals surface area contributed by atoms with E-state index in [4.69, 9.17) is 4.74 Å². The monoisotopic (exact) mass is 334 g/mol. The minimum atomic E-state index is -0.00127. The number of rotatable bonds is 6. The van der Waals surface area contributed by atoms with E-state index in [0.29, 0.717) is 0 Å². The van der Waals surface area contributed by atoms with Crippen molar-refractivity contribution in [2.75, 3.05) is 13.7 Å². The van der Waals surface area contributed by atoms with Crippen molar-refractivity contribution in [2.45, 2.75) is 19.4 Å². The van der Waals surface area contributed by atoms with Gasteiger partial charge >= 0.3 is 0 Å². The fraction of sp³-hybridized carbons (Fsp3) is 0.312. The molecule has 0 fully saturated rings. The lowest BCUT2D eigenvalue weighted by Gasteiger charge is -2.20. The number of nitrogens with one attached hydrogen (secondary N) is 1. The summed E-state index contributed by atoms with van der Waals surface area (Å²) in [7, 11) is 1.93. The zero-order valence-electron chi connectivity index (χ0n) is 11.8. The maximum absolute atomic E-state index is 5.85. The first-order chi connectivity index (χ1) is 9.77. The molecule has 20 heavy (non-hydrogen) atoms. The van der Waals surface area contributed by atoms with Gasteiger partial charge in [0.1, 0.15) is 5.75 Å². The van der Waals surface area contributed by atoms with Gasteiger partial charge in [-0.15, -0.1) is 0 Å². The summed E-state index contributed by atoms with van der Waals surface area (Å²) in [6.07, 6.45) is 2.80. The number of benzene rings is 1. The zero-order chi connectivity index (χ0) is 14.4. The molecule has 2 rings (SSSR count). The van der Waals surface area contributed by atoms with E-state index < -0.39 is 0 Å². The SMILES string of the molecule is CCCOc1ccccc1C(NC)c1ncccc1Br. The molecule has 1 atom stereocenters. The first-order valence-corrected chi connectivity index (χ1v) is 7.56. The van der Waals surface area contributed by atoms with Gasteiger partial charge in [-0.3, -0.25) is 4.98 Å². The molecule has 1 aromatic carbocycles. The molecule has 2 aromatic rings. The Balaban J connectivity index is 2.39. The third kappa shape index (κ3) is 3.38. The molecule has 1 heterocycles. The minimum absolute atomic E-state index is 0.00127. The van der Waals surface area contributed by atoms with Gasteiger partial charge in [0.05, 0.1) is 18.3 Å². The van der Waals surface area contributed by atoms with Gasteiger partial charge in [0.2, 0.25) is 0 Å². The van der Waals surface area contributed by atoms with E-state index in [2.05, 4.69) is 39.2 Å². The predicted octanol–water partition coefficient (Wildman–Crippen LogP) is 3.94. The van der Waals surface area contributed by atoms with E-state index in [0.717, 1.165) is 34.5 Å². The first-order valence-electron chi connectivity index (χ1n) is 6.77. The molecular weight excluding hydrogens is 316 g/mol. The van der Waals surface area contributed by atoms with Crippen LogP contribution in [-0.4, -0.2) is 18.6 Å². The highest BCUT2D eigenvalue weighted by molar-refractivity contribution is 9.10. The number of nitrogens with zero attached hydrogens (tertiary/aromatic N) is 1. The Morgan fingerprint density at radius 2 is 2.05 bits per heavy atom. The van der Waals surface area contributed by atoms with Crippen molar-refractivity contribution < 1.29 is 4.74 Å². The van der Waals surface area contributed by atoms with Crippen LogP contribution in [0.15, 0.2) is 47.1 Å². The molecule has 4 heteroatoms. The average molecular weight is 335 g/mol. The topological polar surface area (TPSA) is 34.1 Å². The number of hydrogen-bond acceptors (Lipinski definition) is 3. The lowest BCUT2D eigenvalue weighted by Crippen LogP contribution is -2.20. The lowest BCUT2D eigenvalue weighted by molar-refractivity contribution is 0.312. The van der Waals surface area contributed by atoms with Crippen LogP contribution in [0.25, 0.3) is 0 Å². The molecule has 0 radical (unpaired) electrons. The molecular formula is C16H19BrN2O. The smallest absolute Gasteiger partial charge is 0.124 e. The Kier molecular flexibility index (Phi) is 5.56. The summed E-state index contributed by atoms with van der Waals surface area (Å²) in [4.78, 5) is 4.48. The number of aromatic nitrogens is 1. The summed E-state index contributed by atoms with van der Waals surface area (Å²) in [5.74, 6) is 0.909. The quantitative estimate of drug-likeness (QED) is 0.868. The highest BCUT2D eigenvalue weighted by Gasteiger charge is 2.19. The van der Waals surface area contributed by atoms with Crippen LogP contribution in [-0.2, 0) is 0 Å². The molecule has 0 saturated heterocycles. The summed E-state index contributed by atoms with van der Waals surface area (Å²) in [5, 5.41) is 3.32. The second-order valence-electron chi connectivity index (χ2n) is 4.48. The standard InChI is InChI=1S/C16H19BrN2O/c1-3-11-20-14-9-5-4-7-12(14)15(18-2)16-13(17)8-6-10-19-16/h4-10,15,18H,3,11H2,1-2H3. The van der Waals surface area contributed by atoms with Gasteiger partial charge in [-0.1, -0.05) is 25.1 Å². The molecule has 0 aliphatic rings. The van der Waals surface area contributed by atoms with E-state index in [9.17, 15) is 0 Å². The summed E-state index contributed by atoms with van der Waals surface area (Å²) in [5.41, 5.74) is 2.06. The van der Waals surface area contributed by atoms with Crippen LogP contribution in [0.2, 0.25) is 0 Å². The fourth-order valence-corrected chi connectivity index (χ4v) is 2.60. The Hall–Kier alpha value is -1.39. The van der Waals surface area contributed by atoms with E-state index in [-0.39, 0.29) is 6.04 Å². The third-order valence-corrected chi connectivity index (χ3v) is 3.71. The molecule has 0 aliphatic heterocycles. The Morgan fingerprint density at radius 3 is 2.75 bits per heavy atom. The molecule has 3 nitrogen and oxygen atoms in total. The maximum Gasteiger partial charge on any atom is 0.124 e. The molecule has 1 aromatic heterocycles. The fourth-order valence-electron chi connectivity index (χ4n) is 2.11. The lowest BCUT2D eigenvalue weighted by atomic mass is 10.0. The molecule has 106 valence electrons. The molecule has 1 unspecified atom stereocenters. The highest BCUT2D eigenvalue weighted by atomic mass is 79.9. The van der Waals surface area contributed by atoms with Crippen molar-refractivity contribution in [2.24, 2.45) is 0 Å². The molecule has 0 saturated carbocycles. The third-order valence-electron chi connectivity index (χ3n) is 3.04. The average Bonchev–Trinajstić information content (AvgIpc) is 2.49. The second kappa shape index (κ2) is 7.41.